The largest absolute Gasteiger partial charge is 0.393 e. The van der Waals surface area contributed by atoms with E-state index in [-0.39, 0.29) is 6.10 Å². The van der Waals surface area contributed by atoms with Crippen molar-refractivity contribution in [3.05, 3.63) is 28.2 Å². The normalized spacial score (nSPS) is 42.3. The lowest BCUT2D eigenvalue weighted by molar-refractivity contribution is -0.129. The molecule has 4 heteroatoms. The first kappa shape index (κ1) is 25.4. The number of aliphatic hydroxyl groups excluding tert-OH is 1. The van der Waals surface area contributed by atoms with Crippen LogP contribution in [0.2, 0.25) is 0 Å². The Kier molecular flexibility index (Phi) is 6.63. The van der Waals surface area contributed by atoms with Crippen molar-refractivity contribution in [3.63, 3.8) is 0 Å². The van der Waals surface area contributed by atoms with Crippen molar-refractivity contribution in [2.75, 3.05) is 11.4 Å². The van der Waals surface area contributed by atoms with Gasteiger partial charge in [-0.3, -0.25) is 4.79 Å². The monoisotopic (exact) mass is 555 g/mol. The second-order valence-electron chi connectivity index (χ2n) is 13.9. The molecule has 198 valence electrons. The van der Waals surface area contributed by atoms with Gasteiger partial charge in [0.25, 0.3) is 0 Å². The molecule has 1 aromatic carbocycles. The van der Waals surface area contributed by atoms with Crippen LogP contribution in [-0.2, 0) is 11.2 Å². The third-order valence-corrected chi connectivity index (χ3v) is 12.9. The zero-order valence-electron chi connectivity index (χ0n) is 22.6. The summed E-state index contributed by atoms with van der Waals surface area (Å²) in [5.41, 5.74) is 3.33. The van der Waals surface area contributed by atoms with Gasteiger partial charge in [-0.05, 0) is 141 Å². The quantitative estimate of drug-likeness (QED) is 0.412. The zero-order valence-corrected chi connectivity index (χ0v) is 24.2. The van der Waals surface area contributed by atoms with Crippen LogP contribution in [-0.4, -0.2) is 23.7 Å². The van der Waals surface area contributed by atoms with E-state index in [0.29, 0.717) is 29.1 Å². The van der Waals surface area contributed by atoms with Crippen molar-refractivity contribution >= 4 is 27.5 Å². The van der Waals surface area contributed by atoms with Crippen molar-refractivity contribution in [1.29, 1.82) is 0 Å². The molecule has 3 nitrogen and oxygen atoms in total. The van der Waals surface area contributed by atoms with Crippen LogP contribution >= 0.6 is 15.9 Å². The third kappa shape index (κ3) is 4.03. The number of fused-ring (bicyclic) bond motifs is 6. The van der Waals surface area contributed by atoms with Crippen LogP contribution in [0.1, 0.15) is 97.0 Å². The van der Waals surface area contributed by atoms with Gasteiger partial charge in [0.15, 0.2) is 0 Å². The average molecular weight is 557 g/mol. The summed E-state index contributed by atoms with van der Waals surface area (Å²) in [5.74, 6) is 5.06. The number of carbonyl (C=O) groups is 1. The molecule has 0 radical (unpaired) electrons. The summed E-state index contributed by atoms with van der Waals surface area (Å²) in [6.07, 6.45) is 14.2. The van der Waals surface area contributed by atoms with E-state index >= 15 is 0 Å². The maximum atomic E-state index is 13.3. The molecule has 4 saturated carbocycles. The number of hydrogen-bond donors (Lipinski definition) is 1. The van der Waals surface area contributed by atoms with Gasteiger partial charge >= 0.3 is 0 Å². The number of amides is 1. The summed E-state index contributed by atoms with van der Waals surface area (Å²) < 4.78 is 1.10. The summed E-state index contributed by atoms with van der Waals surface area (Å²) in [6.45, 7) is 8.52. The molecule has 5 aliphatic rings. The summed E-state index contributed by atoms with van der Waals surface area (Å²) in [7, 11) is 0. The Morgan fingerprint density at radius 1 is 1.08 bits per heavy atom. The Hall–Kier alpha value is -0.870. The molecule has 6 rings (SSSR count). The Labute approximate surface area is 226 Å². The van der Waals surface area contributed by atoms with Gasteiger partial charge in [-0.15, -0.1) is 0 Å². The molecule has 0 aromatic heterocycles. The summed E-state index contributed by atoms with van der Waals surface area (Å²) in [4.78, 5) is 15.3. The minimum Gasteiger partial charge on any atom is -0.393 e. The predicted molar refractivity (Wildman–Crippen MR) is 150 cm³/mol. The summed E-state index contributed by atoms with van der Waals surface area (Å²) in [6, 6.07) is 6.34. The molecule has 1 heterocycles. The Morgan fingerprint density at radius 3 is 2.69 bits per heavy atom. The highest BCUT2D eigenvalue weighted by atomic mass is 79.9. The maximum absolute atomic E-state index is 13.3. The highest BCUT2D eigenvalue weighted by molar-refractivity contribution is 9.10. The molecule has 0 bridgehead atoms. The molecule has 0 saturated heterocycles. The highest BCUT2D eigenvalue weighted by Gasteiger charge is 2.60. The summed E-state index contributed by atoms with van der Waals surface area (Å²) >= 11 is 3.57. The Balaban J connectivity index is 1.10. The van der Waals surface area contributed by atoms with E-state index < -0.39 is 0 Å². The first-order chi connectivity index (χ1) is 17.2. The zero-order chi connectivity index (χ0) is 25.2. The van der Waals surface area contributed by atoms with Gasteiger partial charge in [-0.1, -0.05) is 36.7 Å². The van der Waals surface area contributed by atoms with Crippen LogP contribution in [0.25, 0.3) is 0 Å². The molecule has 4 aliphatic carbocycles. The van der Waals surface area contributed by atoms with Gasteiger partial charge in [-0.25, -0.2) is 0 Å². The average Bonchev–Trinajstić information content (AvgIpc) is 3.43. The van der Waals surface area contributed by atoms with Crippen molar-refractivity contribution in [2.24, 2.45) is 46.3 Å². The first-order valence-electron chi connectivity index (χ1n) is 15.0. The van der Waals surface area contributed by atoms with Crippen molar-refractivity contribution in [1.82, 2.24) is 0 Å². The smallest absolute Gasteiger partial charge is 0.227 e. The number of carbonyl (C=O) groups excluding carboxylic acids is 1. The molecule has 1 aliphatic heterocycles. The molecular weight excluding hydrogens is 510 g/mol. The number of nitrogens with zero attached hydrogens (tertiary/aromatic N) is 1. The van der Waals surface area contributed by atoms with Crippen LogP contribution in [0.15, 0.2) is 22.7 Å². The fourth-order valence-electron chi connectivity index (χ4n) is 10.5. The predicted octanol–water partition coefficient (Wildman–Crippen LogP) is 7.77. The number of halogens is 1. The molecule has 36 heavy (non-hydrogen) atoms. The minimum atomic E-state index is -0.0520. The number of anilines is 1. The van der Waals surface area contributed by atoms with E-state index in [1.165, 1.54) is 50.5 Å². The van der Waals surface area contributed by atoms with Crippen molar-refractivity contribution in [2.45, 2.75) is 104 Å². The van der Waals surface area contributed by atoms with Gasteiger partial charge in [0.2, 0.25) is 5.91 Å². The van der Waals surface area contributed by atoms with Gasteiger partial charge in [0.1, 0.15) is 0 Å². The van der Waals surface area contributed by atoms with Crippen LogP contribution < -0.4 is 4.90 Å². The molecule has 1 aromatic rings. The number of rotatable bonds is 4. The lowest BCUT2D eigenvalue weighted by Crippen LogP contribution is -2.54. The number of hydrogen-bond acceptors (Lipinski definition) is 2. The fourth-order valence-corrected chi connectivity index (χ4v) is 10.9. The van der Waals surface area contributed by atoms with Crippen LogP contribution in [0.5, 0.6) is 0 Å². The van der Waals surface area contributed by atoms with E-state index in [4.69, 9.17) is 0 Å². The topological polar surface area (TPSA) is 40.5 Å². The van der Waals surface area contributed by atoms with Crippen LogP contribution in [0, 0.1) is 46.3 Å². The number of benzene rings is 1. The molecule has 6 unspecified atom stereocenters. The standard InChI is InChI=1S/C32H46BrNO2/c1-20(4-11-30(36)34-17-14-21-18-23(33)6-10-29(21)34)26-8-9-27-25-7-5-22-19-24(35)12-15-31(22,2)28(25)13-16-32(26,27)3/h6,10,18,20,22,24-28,35H,4-5,7-9,11-17,19H2,1-3H3/t20-,22?,24-,25?,26-,27?,28?,31?,32?/m1/s1. The van der Waals surface area contributed by atoms with Gasteiger partial charge in [-0.2, -0.15) is 0 Å². The van der Waals surface area contributed by atoms with E-state index in [2.05, 4.69) is 54.9 Å². The van der Waals surface area contributed by atoms with E-state index in [9.17, 15) is 9.90 Å². The minimum absolute atomic E-state index is 0.0520. The lowest BCUT2D eigenvalue weighted by Gasteiger charge is -2.61. The third-order valence-electron chi connectivity index (χ3n) is 12.4. The van der Waals surface area contributed by atoms with Gasteiger partial charge in [0.05, 0.1) is 6.10 Å². The van der Waals surface area contributed by atoms with Gasteiger partial charge in [0, 0.05) is 23.1 Å². The molecule has 0 spiro atoms. The molecule has 1 N–H and O–H groups in total. The SMILES string of the molecule is C[C@H](CCC(=O)N1CCc2cc(Br)ccc21)[C@H]1CCC2C3CCC4C[C@H](O)CCC4(C)C3CCC21C. The van der Waals surface area contributed by atoms with E-state index in [0.717, 1.165) is 72.0 Å². The van der Waals surface area contributed by atoms with E-state index in [1.807, 2.05) is 4.90 Å². The Morgan fingerprint density at radius 2 is 1.86 bits per heavy atom. The lowest BCUT2D eigenvalue weighted by atomic mass is 9.44. The molecule has 4 fully saturated rings. The van der Waals surface area contributed by atoms with Gasteiger partial charge < -0.3 is 10.0 Å². The fraction of sp³-hybridized carbons (Fsp3) is 0.781. The second kappa shape index (κ2) is 9.40. The number of aliphatic hydroxyl groups is 1. The molecule has 1 amide bonds. The van der Waals surface area contributed by atoms with Crippen molar-refractivity contribution < 1.29 is 9.90 Å². The summed E-state index contributed by atoms with van der Waals surface area (Å²) in [5, 5.41) is 10.3. The van der Waals surface area contributed by atoms with E-state index in [1.54, 1.807) is 0 Å². The molecule has 9 atom stereocenters. The maximum Gasteiger partial charge on any atom is 0.227 e. The second-order valence-corrected chi connectivity index (χ2v) is 14.8. The van der Waals surface area contributed by atoms with Crippen LogP contribution in [0.4, 0.5) is 5.69 Å². The van der Waals surface area contributed by atoms with Crippen LogP contribution in [0.3, 0.4) is 0 Å². The molecular formula is C32H46BrNO2. The highest BCUT2D eigenvalue weighted by Crippen LogP contribution is 2.68. The first-order valence-corrected chi connectivity index (χ1v) is 15.8. The Bertz CT molecular complexity index is 1010. The van der Waals surface area contributed by atoms with Crippen molar-refractivity contribution in [3.8, 4) is 0 Å².